The van der Waals surface area contributed by atoms with Crippen molar-refractivity contribution in [2.24, 2.45) is 5.92 Å². The van der Waals surface area contributed by atoms with Gasteiger partial charge in [0.15, 0.2) is 0 Å². The first kappa shape index (κ1) is 16.2. The number of hydrogen-bond acceptors (Lipinski definition) is 3. The predicted octanol–water partition coefficient (Wildman–Crippen LogP) is 4.40. The lowest BCUT2D eigenvalue weighted by Gasteiger charge is -2.33. The van der Waals surface area contributed by atoms with Gasteiger partial charge in [-0.25, -0.2) is 0 Å². The molecule has 2 rings (SSSR count). The molecule has 1 aromatic carbocycles. The van der Waals surface area contributed by atoms with Crippen molar-refractivity contribution in [2.45, 2.75) is 65.7 Å². The zero-order chi connectivity index (χ0) is 15.4. The summed E-state index contributed by atoms with van der Waals surface area (Å²) in [6, 6.07) is 6.80. The van der Waals surface area contributed by atoms with Crippen molar-refractivity contribution in [3.05, 3.63) is 23.8 Å². The maximum atomic E-state index is 5.84. The predicted molar refractivity (Wildman–Crippen MR) is 88.2 cm³/mol. The molecule has 0 radical (unpaired) electrons. The van der Waals surface area contributed by atoms with Gasteiger partial charge in [0.2, 0.25) is 0 Å². The maximum Gasteiger partial charge on any atom is 0.120 e. The monoisotopic (exact) mass is 291 g/mol. The van der Waals surface area contributed by atoms with Crippen molar-refractivity contribution >= 4 is 5.69 Å². The fourth-order valence-electron chi connectivity index (χ4n) is 2.79. The summed E-state index contributed by atoms with van der Waals surface area (Å²) < 4.78 is 11.6. The summed E-state index contributed by atoms with van der Waals surface area (Å²) in [4.78, 5) is 0. The molecule has 1 N–H and O–H groups in total. The van der Waals surface area contributed by atoms with Crippen LogP contribution in [0.3, 0.4) is 0 Å². The van der Waals surface area contributed by atoms with Crippen molar-refractivity contribution in [3.8, 4) is 5.75 Å². The first-order valence-electron chi connectivity index (χ1n) is 8.11. The molecule has 0 saturated carbocycles. The average molecular weight is 291 g/mol. The highest BCUT2D eigenvalue weighted by molar-refractivity contribution is 5.54. The fraction of sp³-hybridized carbons (Fsp3) is 0.667. The second-order valence-electron chi connectivity index (χ2n) is 6.66. The van der Waals surface area contributed by atoms with Crippen LogP contribution in [0.15, 0.2) is 18.2 Å². The van der Waals surface area contributed by atoms with E-state index < -0.39 is 0 Å². The average Bonchev–Trinajstić information content (AvgIpc) is 2.41. The molecule has 2 unspecified atom stereocenters. The number of hydrogen-bond donors (Lipinski definition) is 1. The Bertz CT molecular complexity index is 457. The minimum Gasteiger partial charge on any atom is -0.491 e. The summed E-state index contributed by atoms with van der Waals surface area (Å²) in [7, 11) is 0. The molecule has 1 heterocycles. The van der Waals surface area contributed by atoms with E-state index in [2.05, 4.69) is 58.1 Å². The summed E-state index contributed by atoms with van der Waals surface area (Å²) in [6.45, 7) is 11.6. The lowest BCUT2D eigenvalue weighted by molar-refractivity contribution is -0.0160. The molecule has 0 aliphatic carbocycles. The van der Waals surface area contributed by atoms with E-state index in [1.165, 1.54) is 11.3 Å². The molecular weight excluding hydrogens is 262 g/mol. The van der Waals surface area contributed by atoms with Crippen LogP contribution in [-0.2, 0) is 4.74 Å². The van der Waals surface area contributed by atoms with Crippen molar-refractivity contribution in [3.63, 3.8) is 0 Å². The van der Waals surface area contributed by atoms with Crippen molar-refractivity contribution in [1.29, 1.82) is 0 Å². The van der Waals surface area contributed by atoms with Crippen LogP contribution >= 0.6 is 0 Å². The summed E-state index contributed by atoms with van der Waals surface area (Å²) in [5, 5.41) is 3.68. The Morgan fingerprint density at radius 1 is 1.24 bits per heavy atom. The van der Waals surface area contributed by atoms with Gasteiger partial charge in [0, 0.05) is 18.3 Å². The van der Waals surface area contributed by atoms with Crippen LogP contribution in [0.4, 0.5) is 5.69 Å². The van der Waals surface area contributed by atoms with E-state index in [-0.39, 0.29) is 6.10 Å². The molecule has 1 saturated heterocycles. The van der Waals surface area contributed by atoms with Crippen molar-refractivity contribution < 1.29 is 9.47 Å². The van der Waals surface area contributed by atoms with E-state index in [4.69, 9.17) is 9.47 Å². The molecule has 0 aromatic heterocycles. The van der Waals surface area contributed by atoms with Gasteiger partial charge in [-0.3, -0.25) is 0 Å². The highest BCUT2D eigenvalue weighted by atomic mass is 16.5. The third-order valence-electron chi connectivity index (χ3n) is 3.99. The molecule has 0 spiro atoms. The third kappa shape index (κ3) is 4.63. The molecule has 1 fully saturated rings. The normalized spacial score (nSPS) is 22.6. The van der Waals surface area contributed by atoms with Gasteiger partial charge in [-0.1, -0.05) is 13.8 Å². The second-order valence-corrected chi connectivity index (χ2v) is 6.66. The Balaban J connectivity index is 1.99. The first-order valence-corrected chi connectivity index (χ1v) is 8.11. The van der Waals surface area contributed by atoms with Crippen LogP contribution in [0.1, 0.15) is 46.1 Å². The summed E-state index contributed by atoms with van der Waals surface area (Å²) in [5.41, 5.74) is 2.45. The molecular formula is C18H29NO2. The van der Waals surface area contributed by atoms with Crippen molar-refractivity contribution in [2.75, 3.05) is 11.9 Å². The second kappa shape index (κ2) is 7.17. The van der Waals surface area contributed by atoms with Crippen LogP contribution in [0.2, 0.25) is 0 Å². The fourth-order valence-corrected chi connectivity index (χ4v) is 2.79. The molecule has 0 bridgehead atoms. The zero-order valence-electron chi connectivity index (χ0n) is 14.0. The van der Waals surface area contributed by atoms with Gasteiger partial charge in [-0.2, -0.15) is 0 Å². The molecule has 1 aliphatic heterocycles. The molecule has 0 amide bonds. The Morgan fingerprint density at radius 2 is 2.00 bits per heavy atom. The van der Waals surface area contributed by atoms with Gasteiger partial charge in [-0.05, 0) is 63.3 Å². The molecule has 3 heteroatoms. The smallest absolute Gasteiger partial charge is 0.120 e. The van der Waals surface area contributed by atoms with Gasteiger partial charge in [0.05, 0.1) is 12.2 Å². The number of nitrogens with one attached hydrogen (secondary N) is 1. The number of aryl methyl sites for hydroxylation is 1. The number of ether oxygens (including phenoxy) is 2. The maximum absolute atomic E-state index is 5.84. The van der Waals surface area contributed by atoms with Gasteiger partial charge in [-0.15, -0.1) is 0 Å². The van der Waals surface area contributed by atoms with E-state index in [0.717, 1.165) is 25.2 Å². The van der Waals surface area contributed by atoms with Crippen LogP contribution in [-0.4, -0.2) is 24.9 Å². The van der Waals surface area contributed by atoms with E-state index in [0.29, 0.717) is 18.1 Å². The number of anilines is 1. The van der Waals surface area contributed by atoms with Gasteiger partial charge in [0.1, 0.15) is 5.75 Å². The van der Waals surface area contributed by atoms with E-state index in [9.17, 15) is 0 Å². The topological polar surface area (TPSA) is 30.5 Å². The lowest BCUT2D eigenvalue weighted by Crippen LogP contribution is -2.36. The standard InChI is InChI=1S/C18H29NO2/c1-12(2)18-11-15(8-9-20-18)19-17-7-6-16(10-14(17)5)21-13(3)4/h6-7,10,12-13,15,18-19H,8-9,11H2,1-5H3. The lowest BCUT2D eigenvalue weighted by atomic mass is 9.95. The van der Waals surface area contributed by atoms with E-state index in [1.54, 1.807) is 0 Å². The Morgan fingerprint density at radius 3 is 2.62 bits per heavy atom. The van der Waals surface area contributed by atoms with Gasteiger partial charge < -0.3 is 14.8 Å². The Kier molecular flexibility index (Phi) is 5.51. The van der Waals surface area contributed by atoms with Crippen LogP contribution < -0.4 is 10.1 Å². The quantitative estimate of drug-likeness (QED) is 0.872. The number of benzene rings is 1. The minimum absolute atomic E-state index is 0.213. The summed E-state index contributed by atoms with van der Waals surface area (Å²) in [5.74, 6) is 1.53. The first-order chi connectivity index (χ1) is 9.95. The molecule has 3 nitrogen and oxygen atoms in total. The molecule has 1 aromatic rings. The minimum atomic E-state index is 0.213. The highest BCUT2D eigenvalue weighted by Gasteiger charge is 2.25. The van der Waals surface area contributed by atoms with Gasteiger partial charge in [0.25, 0.3) is 0 Å². The highest BCUT2D eigenvalue weighted by Crippen LogP contribution is 2.27. The van der Waals surface area contributed by atoms with Crippen molar-refractivity contribution in [1.82, 2.24) is 0 Å². The summed E-state index contributed by atoms with van der Waals surface area (Å²) >= 11 is 0. The molecule has 2 atom stereocenters. The molecule has 21 heavy (non-hydrogen) atoms. The SMILES string of the molecule is Cc1cc(OC(C)C)ccc1NC1CCOC(C(C)C)C1. The van der Waals surface area contributed by atoms with Gasteiger partial charge >= 0.3 is 0 Å². The molecule has 1 aliphatic rings. The molecule has 118 valence electrons. The van der Waals surface area contributed by atoms with E-state index in [1.807, 2.05) is 0 Å². The van der Waals surface area contributed by atoms with Crippen LogP contribution in [0, 0.1) is 12.8 Å². The number of rotatable bonds is 5. The zero-order valence-corrected chi connectivity index (χ0v) is 14.0. The Labute approximate surface area is 129 Å². The van der Waals surface area contributed by atoms with Crippen LogP contribution in [0.5, 0.6) is 5.75 Å². The largest absolute Gasteiger partial charge is 0.491 e. The summed E-state index contributed by atoms with van der Waals surface area (Å²) in [6.07, 6.45) is 2.75. The third-order valence-corrected chi connectivity index (χ3v) is 3.99. The van der Waals surface area contributed by atoms with E-state index >= 15 is 0 Å². The Hall–Kier alpha value is -1.22. The van der Waals surface area contributed by atoms with Crippen LogP contribution in [0.25, 0.3) is 0 Å².